The van der Waals surface area contributed by atoms with Gasteiger partial charge in [-0.05, 0) is 38.1 Å². The van der Waals surface area contributed by atoms with Crippen LogP contribution in [0.1, 0.15) is 25.0 Å². The second kappa shape index (κ2) is 8.43. The molecular weight excluding hydrogens is 314 g/mol. The van der Waals surface area contributed by atoms with Gasteiger partial charge >= 0.3 is 6.03 Å². The van der Waals surface area contributed by atoms with E-state index in [4.69, 9.17) is 22.6 Å². The van der Waals surface area contributed by atoms with E-state index in [1.165, 1.54) is 0 Å². The van der Waals surface area contributed by atoms with Gasteiger partial charge in [-0.1, -0.05) is 23.4 Å². The molecule has 5 nitrogen and oxygen atoms in total. The minimum atomic E-state index is -0.769. The van der Waals surface area contributed by atoms with Crippen molar-refractivity contribution in [2.45, 2.75) is 13.8 Å². The molecule has 0 aliphatic carbocycles. The van der Waals surface area contributed by atoms with Gasteiger partial charge in [0.2, 0.25) is 0 Å². The molecule has 1 aromatic rings. The van der Waals surface area contributed by atoms with Crippen molar-refractivity contribution in [2.24, 2.45) is 5.73 Å². The summed E-state index contributed by atoms with van der Waals surface area (Å²) >= 11 is 5.85. The summed E-state index contributed by atoms with van der Waals surface area (Å²) < 4.78 is 0. The monoisotopic (exact) mass is 327 g/mol. The fourth-order valence-corrected chi connectivity index (χ4v) is 1.72. The third-order valence-electron chi connectivity index (χ3n) is 2.71. The van der Waals surface area contributed by atoms with Crippen molar-refractivity contribution in [3.8, 4) is 17.9 Å². The average Bonchev–Trinajstić information content (AvgIpc) is 2.52. The van der Waals surface area contributed by atoms with E-state index in [2.05, 4.69) is 17.2 Å². The summed E-state index contributed by atoms with van der Waals surface area (Å²) in [6.07, 6.45) is 2.16. The van der Waals surface area contributed by atoms with Gasteiger partial charge in [0, 0.05) is 22.4 Å². The lowest BCUT2D eigenvalue weighted by molar-refractivity contribution is -0.104. The Balaban J connectivity index is 3.12. The molecule has 116 valence electrons. The molecule has 23 heavy (non-hydrogen) atoms. The molecule has 0 fully saturated rings. The van der Waals surface area contributed by atoms with Crippen molar-refractivity contribution in [1.29, 1.82) is 5.26 Å². The number of hydrogen-bond acceptors (Lipinski definition) is 3. The summed E-state index contributed by atoms with van der Waals surface area (Å²) in [4.78, 5) is 21.8. The summed E-state index contributed by atoms with van der Waals surface area (Å²) in [6.45, 7) is 3.27. The fraction of sp³-hybridized carbons (Fsp3) is 0.118. The SMILES string of the molecule is C/C(C=O)=C(\C=C(/C)C#Cc1ccc(Cl)c(C#N)c1)NC(N)=O. The number of nitriles is 1. The van der Waals surface area contributed by atoms with Crippen LogP contribution in [0.25, 0.3) is 0 Å². The predicted octanol–water partition coefficient (Wildman–Crippen LogP) is 2.65. The number of hydrogen-bond donors (Lipinski definition) is 2. The zero-order valence-corrected chi connectivity index (χ0v) is 13.4. The van der Waals surface area contributed by atoms with Gasteiger partial charge in [-0.2, -0.15) is 5.26 Å². The van der Waals surface area contributed by atoms with Crippen LogP contribution in [0.15, 0.2) is 41.1 Å². The Bertz CT molecular complexity index is 805. The van der Waals surface area contributed by atoms with Crippen molar-refractivity contribution in [2.75, 3.05) is 0 Å². The first kappa shape index (κ1) is 18.0. The molecule has 0 saturated heterocycles. The Hall–Kier alpha value is -3.02. The van der Waals surface area contributed by atoms with Gasteiger partial charge in [0.25, 0.3) is 0 Å². The van der Waals surface area contributed by atoms with Gasteiger partial charge in [0.05, 0.1) is 10.6 Å². The maximum Gasteiger partial charge on any atom is 0.316 e. The molecule has 0 aliphatic heterocycles. The van der Waals surface area contributed by atoms with Gasteiger partial charge < -0.3 is 11.1 Å². The molecular formula is C17H14ClN3O2. The number of nitrogens with one attached hydrogen (secondary N) is 1. The summed E-state index contributed by atoms with van der Waals surface area (Å²) in [5.41, 5.74) is 7.24. The molecule has 0 spiro atoms. The highest BCUT2D eigenvalue weighted by molar-refractivity contribution is 6.31. The van der Waals surface area contributed by atoms with Crippen molar-refractivity contribution in [3.63, 3.8) is 0 Å². The van der Waals surface area contributed by atoms with Crippen LogP contribution in [0.3, 0.4) is 0 Å². The number of urea groups is 1. The summed E-state index contributed by atoms with van der Waals surface area (Å²) in [6, 6.07) is 6.08. The summed E-state index contributed by atoms with van der Waals surface area (Å²) in [5.74, 6) is 5.75. The molecule has 1 rings (SSSR count). The first-order valence-corrected chi connectivity index (χ1v) is 6.87. The fourth-order valence-electron chi connectivity index (χ4n) is 1.56. The number of aldehydes is 1. The topological polar surface area (TPSA) is 96.0 Å². The van der Waals surface area contributed by atoms with E-state index < -0.39 is 6.03 Å². The number of benzene rings is 1. The molecule has 3 N–H and O–H groups in total. The normalized spacial score (nSPS) is 11.5. The highest BCUT2D eigenvalue weighted by Crippen LogP contribution is 2.16. The molecule has 0 unspecified atom stereocenters. The minimum Gasteiger partial charge on any atom is -0.351 e. The minimum absolute atomic E-state index is 0.285. The molecule has 0 saturated carbocycles. The van der Waals surface area contributed by atoms with Crippen molar-refractivity contribution < 1.29 is 9.59 Å². The van der Waals surface area contributed by atoms with Crippen LogP contribution in [-0.2, 0) is 4.79 Å². The maximum absolute atomic E-state index is 10.9. The van der Waals surface area contributed by atoms with Gasteiger partial charge in [-0.3, -0.25) is 4.79 Å². The van der Waals surface area contributed by atoms with Gasteiger partial charge in [0.15, 0.2) is 0 Å². The predicted molar refractivity (Wildman–Crippen MR) is 88.3 cm³/mol. The molecule has 0 radical (unpaired) electrons. The third-order valence-corrected chi connectivity index (χ3v) is 3.04. The zero-order chi connectivity index (χ0) is 17.4. The molecule has 6 heteroatoms. The number of carbonyl (C=O) groups excluding carboxylic acids is 2. The lowest BCUT2D eigenvalue weighted by Crippen LogP contribution is -2.29. The van der Waals surface area contributed by atoms with Crippen LogP contribution in [0.2, 0.25) is 5.02 Å². The zero-order valence-electron chi connectivity index (χ0n) is 12.6. The number of nitrogens with zero attached hydrogens (tertiary/aromatic N) is 1. The maximum atomic E-state index is 10.9. The molecule has 0 heterocycles. The molecule has 0 atom stereocenters. The van der Waals surface area contributed by atoms with Gasteiger partial charge in [0.1, 0.15) is 12.4 Å². The number of rotatable bonds is 3. The number of carbonyl (C=O) groups is 2. The van der Waals surface area contributed by atoms with Crippen molar-refractivity contribution in [3.05, 3.63) is 57.3 Å². The van der Waals surface area contributed by atoms with E-state index in [-0.39, 0.29) is 5.70 Å². The van der Waals surface area contributed by atoms with Crippen molar-refractivity contribution >= 4 is 23.9 Å². The lowest BCUT2D eigenvalue weighted by atomic mass is 10.1. The van der Waals surface area contributed by atoms with Crippen molar-refractivity contribution in [1.82, 2.24) is 5.32 Å². The smallest absolute Gasteiger partial charge is 0.316 e. The van der Waals surface area contributed by atoms with Gasteiger partial charge in [-0.25, -0.2) is 4.79 Å². The molecule has 2 amide bonds. The van der Waals surface area contributed by atoms with Crippen LogP contribution in [0.4, 0.5) is 4.79 Å². The third kappa shape index (κ3) is 5.70. The van der Waals surface area contributed by atoms with Crippen LogP contribution < -0.4 is 11.1 Å². The Kier molecular flexibility index (Phi) is 6.61. The van der Waals surface area contributed by atoms with E-state index in [0.717, 1.165) is 0 Å². The number of amides is 2. The second-order valence-electron chi connectivity index (χ2n) is 4.59. The van der Waals surface area contributed by atoms with Crippen LogP contribution >= 0.6 is 11.6 Å². The average molecular weight is 328 g/mol. The highest BCUT2D eigenvalue weighted by Gasteiger charge is 2.02. The molecule has 0 aliphatic rings. The van der Waals surface area contributed by atoms with Crippen LogP contribution in [-0.4, -0.2) is 12.3 Å². The molecule has 0 aromatic heterocycles. The molecule has 0 bridgehead atoms. The van der Waals surface area contributed by atoms with E-state index in [1.807, 2.05) is 6.07 Å². The Morgan fingerprint density at radius 1 is 1.39 bits per heavy atom. The van der Waals surface area contributed by atoms with Crippen LogP contribution in [0.5, 0.6) is 0 Å². The van der Waals surface area contributed by atoms with E-state index in [0.29, 0.717) is 33.6 Å². The first-order chi connectivity index (χ1) is 10.9. The van der Waals surface area contributed by atoms with Gasteiger partial charge in [-0.15, -0.1) is 0 Å². The Labute approximate surface area is 139 Å². The number of halogens is 1. The number of nitrogens with two attached hydrogens (primary N) is 1. The first-order valence-electron chi connectivity index (χ1n) is 6.50. The Morgan fingerprint density at radius 3 is 2.65 bits per heavy atom. The summed E-state index contributed by atoms with van der Waals surface area (Å²) in [7, 11) is 0. The quantitative estimate of drug-likeness (QED) is 0.386. The Morgan fingerprint density at radius 2 is 2.09 bits per heavy atom. The summed E-state index contributed by atoms with van der Waals surface area (Å²) in [5, 5.41) is 11.7. The van der Waals surface area contributed by atoms with E-state index in [1.54, 1.807) is 38.1 Å². The number of primary amides is 1. The lowest BCUT2D eigenvalue weighted by Gasteiger charge is -2.04. The second-order valence-corrected chi connectivity index (χ2v) is 4.99. The standard InChI is InChI=1S/C17H14ClN3O2/c1-11(7-16(12(2)10-22)21-17(20)23)3-4-13-5-6-15(18)14(8-13)9-19/h5-8,10H,1-2H3,(H3,20,21,23)/b11-7+,16-12-. The molecule has 1 aromatic carbocycles. The van der Waals surface area contributed by atoms with Crippen LogP contribution in [0, 0.1) is 23.2 Å². The highest BCUT2D eigenvalue weighted by atomic mass is 35.5. The largest absolute Gasteiger partial charge is 0.351 e. The van der Waals surface area contributed by atoms with E-state index >= 15 is 0 Å². The van der Waals surface area contributed by atoms with E-state index in [9.17, 15) is 9.59 Å². The number of allylic oxidation sites excluding steroid dienone is 3.